The van der Waals surface area contributed by atoms with Gasteiger partial charge in [-0.1, -0.05) is 13.8 Å². The van der Waals surface area contributed by atoms with E-state index in [1.807, 2.05) is 18.3 Å². The fourth-order valence-corrected chi connectivity index (χ4v) is 5.22. The number of methoxy groups -OCH3 is 1. The summed E-state index contributed by atoms with van der Waals surface area (Å²) in [6.45, 7) is 9.10. The summed E-state index contributed by atoms with van der Waals surface area (Å²) < 4.78 is 5.58. The molecule has 31 heavy (non-hydrogen) atoms. The van der Waals surface area contributed by atoms with Crippen molar-refractivity contribution in [2.45, 2.75) is 19.8 Å². The Morgan fingerprint density at radius 3 is 2.35 bits per heavy atom. The third-order valence-electron chi connectivity index (χ3n) is 6.71. The van der Waals surface area contributed by atoms with Crippen LogP contribution in [0.4, 0.5) is 17.3 Å². The highest BCUT2D eigenvalue weighted by Gasteiger charge is 2.38. The summed E-state index contributed by atoms with van der Waals surface area (Å²) >= 11 is 0. The molecule has 0 spiro atoms. The topological polar surface area (TPSA) is 53.5 Å². The second-order valence-electron chi connectivity index (χ2n) is 9.29. The molecule has 162 valence electrons. The number of nitrogens with one attached hydrogen (secondary N) is 1. The molecule has 2 saturated heterocycles. The van der Waals surface area contributed by atoms with Gasteiger partial charge in [0, 0.05) is 54.7 Å². The molecule has 3 aromatic rings. The number of rotatable bonds is 5. The number of nitrogens with zero attached hydrogens (tertiary/aromatic N) is 4. The van der Waals surface area contributed by atoms with Gasteiger partial charge in [0.25, 0.3) is 0 Å². The molecule has 0 bridgehead atoms. The smallest absolute Gasteiger partial charge is 0.227 e. The first-order valence-corrected chi connectivity index (χ1v) is 11.2. The Kier molecular flexibility index (Phi) is 5.18. The van der Waals surface area contributed by atoms with E-state index in [2.05, 4.69) is 65.3 Å². The van der Waals surface area contributed by atoms with Gasteiger partial charge in [0.05, 0.1) is 12.6 Å². The van der Waals surface area contributed by atoms with E-state index in [1.165, 1.54) is 18.8 Å². The number of hydrogen-bond acceptors (Lipinski definition) is 6. The van der Waals surface area contributed by atoms with E-state index in [0.29, 0.717) is 11.9 Å². The number of aromatic nitrogens is 2. The molecule has 2 aromatic carbocycles. The Labute approximate surface area is 184 Å². The van der Waals surface area contributed by atoms with E-state index in [-0.39, 0.29) is 0 Å². The second kappa shape index (κ2) is 8.00. The van der Waals surface area contributed by atoms with Crippen molar-refractivity contribution in [2.75, 3.05) is 50.6 Å². The van der Waals surface area contributed by atoms with Crippen molar-refractivity contribution >= 4 is 28.2 Å². The number of fused-ring (bicyclic) bond motifs is 2. The molecule has 2 aliphatic rings. The maximum Gasteiger partial charge on any atom is 0.227 e. The normalized spacial score (nSPS) is 21.1. The molecule has 2 aliphatic heterocycles. The third kappa shape index (κ3) is 3.81. The minimum Gasteiger partial charge on any atom is -0.496 e. The van der Waals surface area contributed by atoms with Crippen LogP contribution in [0.5, 0.6) is 5.75 Å². The van der Waals surface area contributed by atoms with Gasteiger partial charge >= 0.3 is 0 Å². The van der Waals surface area contributed by atoms with Gasteiger partial charge in [-0.2, -0.15) is 0 Å². The molecule has 6 heteroatoms. The van der Waals surface area contributed by atoms with Crippen LogP contribution in [0.2, 0.25) is 0 Å². The quantitative estimate of drug-likeness (QED) is 0.660. The first kappa shape index (κ1) is 20.1. The van der Waals surface area contributed by atoms with E-state index in [9.17, 15) is 0 Å². The van der Waals surface area contributed by atoms with Gasteiger partial charge in [-0.25, -0.2) is 9.97 Å². The maximum atomic E-state index is 5.58. The van der Waals surface area contributed by atoms with Crippen LogP contribution in [0, 0.1) is 11.8 Å². The summed E-state index contributed by atoms with van der Waals surface area (Å²) in [4.78, 5) is 14.3. The number of anilines is 3. The molecule has 2 atom stereocenters. The van der Waals surface area contributed by atoms with Crippen molar-refractivity contribution in [3.63, 3.8) is 0 Å². The van der Waals surface area contributed by atoms with Crippen LogP contribution in [0.3, 0.4) is 0 Å². The molecule has 0 saturated carbocycles. The first-order chi connectivity index (χ1) is 15.0. The lowest BCUT2D eigenvalue weighted by Crippen LogP contribution is -2.26. The van der Waals surface area contributed by atoms with Gasteiger partial charge in [0.15, 0.2) is 0 Å². The minimum absolute atomic E-state index is 0.306. The number of ether oxygens (including phenoxy) is 1. The second-order valence-corrected chi connectivity index (χ2v) is 9.29. The third-order valence-corrected chi connectivity index (χ3v) is 6.71. The van der Waals surface area contributed by atoms with E-state index in [0.717, 1.165) is 52.8 Å². The van der Waals surface area contributed by atoms with Gasteiger partial charge in [0.2, 0.25) is 5.95 Å². The zero-order valence-electron chi connectivity index (χ0n) is 18.8. The van der Waals surface area contributed by atoms with E-state index < -0.39 is 0 Å². The fourth-order valence-electron chi connectivity index (χ4n) is 5.22. The van der Waals surface area contributed by atoms with Crippen LogP contribution < -0.4 is 15.0 Å². The number of hydrogen-bond donors (Lipinski definition) is 1. The van der Waals surface area contributed by atoms with Crippen molar-refractivity contribution < 1.29 is 4.74 Å². The Morgan fingerprint density at radius 2 is 1.71 bits per heavy atom. The lowest BCUT2D eigenvalue weighted by molar-refractivity contribution is 0.387. The van der Waals surface area contributed by atoms with Gasteiger partial charge < -0.3 is 19.9 Å². The number of likely N-dealkylation sites (tertiary alicyclic amines) is 1. The predicted octanol–water partition coefficient (Wildman–Crippen LogP) is 4.50. The molecule has 2 fully saturated rings. The van der Waals surface area contributed by atoms with Crippen LogP contribution in [0.25, 0.3) is 10.9 Å². The SMILES string of the molecule is COc1ccc2cnc(Nc3ccc(N4CC5CN(C)CC5C4)cc3)nc2c1C(C)C. The van der Waals surface area contributed by atoms with Crippen molar-refractivity contribution in [3.05, 3.63) is 48.2 Å². The van der Waals surface area contributed by atoms with E-state index in [1.54, 1.807) is 7.11 Å². The molecule has 0 aliphatic carbocycles. The van der Waals surface area contributed by atoms with Crippen LogP contribution in [-0.4, -0.2) is 55.2 Å². The van der Waals surface area contributed by atoms with Gasteiger partial charge in [0.1, 0.15) is 5.75 Å². The van der Waals surface area contributed by atoms with Crippen molar-refractivity contribution in [2.24, 2.45) is 11.8 Å². The lowest BCUT2D eigenvalue weighted by atomic mass is 9.99. The lowest BCUT2D eigenvalue weighted by Gasteiger charge is -2.21. The highest BCUT2D eigenvalue weighted by Crippen LogP contribution is 2.35. The molecule has 1 aromatic heterocycles. The average molecular weight is 418 g/mol. The monoisotopic (exact) mass is 417 g/mol. The first-order valence-electron chi connectivity index (χ1n) is 11.2. The summed E-state index contributed by atoms with van der Waals surface area (Å²) in [5, 5.41) is 4.40. The van der Waals surface area contributed by atoms with Crippen LogP contribution in [-0.2, 0) is 0 Å². The molecule has 6 nitrogen and oxygen atoms in total. The summed E-state index contributed by atoms with van der Waals surface area (Å²) in [6.07, 6.45) is 1.88. The van der Waals surface area contributed by atoms with Gasteiger partial charge in [-0.15, -0.1) is 0 Å². The van der Waals surface area contributed by atoms with Crippen molar-refractivity contribution in [1.29, 1.82) is 0 Å². The zero-order valence-corrected chi connectivity index (χ0v) is 18.8. The standard InChI is InChI=1S/C25H31N5O/c1-16(2)23-22(31-4)10-5-17-11-26-25(28-24(17)23)27-20-6-8-21(9-7-20)30-14-18-12-29(3)13-19(18)15-30/h5-11,16,18-19H,12-15H2,1-4H3,(H,26,27,28). The van der Waals surface area contributed by atoms with Crippen molar-refractivity contribution in [3.8, 4) is 5.75 Å². The van der Waals surface area contributed by atoms with Crippen molar-refractivity contribution in [1.82, 2.24) is 14.9 Å². The largest absolute Gasteiger partial charge is 0.496 e. The molecular weight excluding hydrogens is 386 g/mol. The van der Waals surface area contributed by atoms with Crippen LogP contribution in [0.1, 0.15) is 25.3 Å². The highest BCUT2D eigenvalue weighted by molar-refractivity contribution is 5.85. The van der Waals surface area contributed by atoms with Crippen LogP contribution in [0.15, 0.2) is 42.6 Å². The minimum atomic E-state index is 0.306. The molecule has 5 rings (SSSR count). The van der Waals surface area contributed by atoms with Gasteiger partial charge in [-0.3, -0.25) is 0 Å². The number of benzene rings is 2. The summed E-state index contributed by atoms with van der Waals surface area (Å²) in [6, 6.07) is 12.7. The average Bonchev–Trinajstić information content (AvgIpc) is 3.30. The highest BCUT2D eigenvalue weighted by atomic mass is 16.5. The molecule has 1 N–H and O–H groups in total. The Morgan fingerprint density at radius 1 is 1.00 bits per heavy atom. The Hall–Kier alpha value is -2.86. The molecule has 3 heterocycles. The molecular formula is C25H31N5O. The summed E-state index contributed by atoms with van der Waals surface area (Å²) in [5.41, 5.74) is 4.35. The van der Waals surface area contributed by atoms with Gasteiger partial charge in [-0.05, 0) is 61.2 Å². The van der Waals surface area contributed by atoms with Crippen LogP contribution >= 0.6 is 0 Å². The molecule has 0 amide bonds. The van der Waals surface area contributed by atoms with E-state index >= 15 is 0 Å². The fraction of sp³-hybridized carbons (Fsp3) is 0.440. The van der Waals surface area contributed by atoms with E-state index in [4.69, 9.17) is 9.72 Å². The Bertz CT molecular complexity index is 1070. The summed E-state index contributed by atoms with van der Waals surface area (Å²) in [7, 11) is 3.94. The summed E-state index contributed by atoms with van der Waals surface area (Å²) in [5.74, 6) is 3.40. The zero-order chi connectivity index (χ0) is 21.5. The molecule has 2 unspecified atom stereocenters. The Balaban J connectivity index is 1.35. The molecule has 0 radical (unpaired) electrons. The maximum absolute atomic E-state index is 5.58. The predicted molar refractivity (Wildman–Crippen MR) is 127 cm³/mol.